The van der Waals surface area contributed by atoms with Gasteiger partial charge in [0, 0.05) is 5.56 Å². The number of hydrogen-bond donors (Lipinski definition) is 2. The first kappa shape index (κ1) is 14.2. The molecule has 0 fully saturated rings. The zero-order valence-electron chi connectivity index (χ0n) is 10.5. The summed E-state index contributed by atoms with van der Waals surface area (Å²) in [4.78, 5) is 11.7. The molecule has 0 aromatic heterocycles. The number of carbonyl (C=O) groups is 1. The molecule has 104 valence electrons. The summed E-state index contributed by atoms with van der Waals surface area (Å²) in [6.07, 6.45) is 0. The van der Waals surface area contributed by atoms with Crippen LogP contribution in [0.15, 0.2) is 59.5 Å². The number of hydrogen-bond acceptors (Lipinski definition) is 4. The van der Waals surface area contributed by atoms with E-state index in [4.69, 9.17) is 5.21 Å². The molecule has 6 heteroatoms. The molecule has 0 bridgehead atoms. The minimum absolute atomic E-state index is 0.134. The van der Waals surface area contributed by atoms with Gasteiger partial charge in [-0.15, -0.1) is 0 Å². The number of benzene rings is 2. The van der Waals surface area contributed by atoms with E-state index >= 15 is 0 Å². The molecule has 2 N–H and O–H groups in total. The number of carbonyl (C=O) groups excluding carboxylic acids is 1. The average molecular weight is 291 g/mol. The molecule has 2 rings (SSSR count). The summed E-state index contributed by atoms with van der Waals surface area (Å²) in [5.41, 5.74) is 1.98. The highest BCUT2D eigenvalue weighted by atomic mass is 32.2. The lowest BCUT2D eigenvalue weighted by molar-refractivity contribution is 0.0705. The highest BCUT2D eigenvalue weighted by Crippen LogP contribution is 2.18. The van der Waals surface area contributed by atoms with E-state index in [9.17, 15) is 13.2 Å². The number of rotatable bonds is 4. The van der Waals surface area contributed by atoms with Crippen LogP contribution in [0.5, 0.6) is 0 Å². The van der Waals surface area contributed by atoms with Crippen molar-refractivity contribution in [3.05, 3.63) is 65.7 Å². The van der Waals surface area contributed by atoms with Gasteiger partial charge in [0.15, 0.2) is 9.84 Å². The maximum Gasteiger partial charge on any atom is 0.274 e. The van der Waals surface area contributed by atoms with Crippen molar-refractivity contribution in [1.29, 1.82) is 0 Å². The van der Waals surface area contributed by atoms with Gasteiger partial charge in [0.25, 0.3) is 5.91 Å². The minimum atomic E-state index is -3.54. The van der Waals surface area contributed by atoms with E-state index in [1.165, 1.54) is 23.7 Å². The van der Waals surface area contributed by atoms with Gasteiger partial charge in [-0.2, -0.15) is 0 Å². The summed E-state index contributed by atoms with van der Waals surface area (Å²) >= 11 is 0. The van der Waals surface area contributed by atoms with Gasteiger partial charge < -0.3 is 0 Å². The predicted molar refractivity (Wildman–Crippen MR) is 73.0 cm³/mol. The first-order chi connectivity index (χ1) is 9.54. The molecule has 5 nitrogen and oxygen atoms in total. The Bertz CT molecular complexity index is 711. The van der Waals surface area contributed by atoms with E-state index in [0.29, 0.717) is 5.56 Å². The Labute approximate surface area is 116 Å². The molecule has 0 heterocycles. The summed E-state index contributed by atoms with van der Waals surface area (Å²) in [6.45, 7) is 0. The Hall–Kier alpha value is -2.18. The number of hydroxylamine groups is 1. The molecule has 0 unspecified atom stereocenters. The average Bonchev–Trinajstić information content (AvgIpc) is 2.47. The second-order valence-corrected chi connectivity index (χ2v) is 6.16. The lowest BCUT2D eigenvalue weighted by Crippen LogP contribution is -2.21. The van der Waals surface area contributed by atoms with Crippen LogP contribution in [0.4, 0.5) is 0 Å². The van der Waals surface area contributed by atoms with E-state index in [1.807, 2.05) is 0 Å². The first-order valence-electron chi connectivity index (χ1n) is 5.85. The van der Waals surface area contributed by atoms with E-state index in [0.717, 1.165) is 0 Å². The molecule has 20 heavy (non-hydrogen) atoms. The van der Waals surface area contributed by atoms with Gasteiger partial charge in [0.05, 0.1) is 10.6 Å². The van der Waals surface area contributed by atoms with Gasteiger partial charge >= 0.3 is 0 Å². The van der Waals surface area contributed by atoms with Crippen LogP contribution in [-0.4, -0.2) is 19.5 Å². The molecule has 0 aliphatic carbocycles. The molecule has 0 saturated heterocycles. The van der Waals surface area contributed by atoms with Crippen LogP contribution in [0.1, 0.15) is 15.9 Å². The molecule has 1 amide bonds. The van der Waals surface area contributed by atoms with Crippen LogP contribution in [0.3, 0.4) is 0 Å². The van der Waals surface area contributed by atoms with Gasteiger partial charge in [-0.3, -0.25) is 10.0 Å². The molecule has 0 aliphatic heterocycles. The standard InChI is InChI=1S/C14H13NO4S/c16-14(15-17)13-9-5-4-6-11(13)10-20(18,19)12-7-2-1-3-8-12/h1-9,17H,10H2,(H,15,16). The molecule has 0 atom stereocenters. The first-order valence-corrected chi connectivity index (χ1v) is 7.50. The lowest BCUT2D eigenvalue weighted by atomic mass is 10.1. The molecule has 2 aromatic carbocycles. The van der Waals surface area contributed by atoms with Gasteiger partial charge in [-0.1, -0.05) is 36.4 Å². The second-order valence-electron chi connectivity index (χ2n) is 4.17. The van der Waals surface area contributed by atoms with Crippen LogP contribution in [0.2, 0.25) is 0 Å². The zero-order valence-corrected chi connectivity index (χ0v) is 11.3. The Balaban J connectivity index is 2.38. The fourth-order valence-corrected chi connectivity index (χ4v) is 3.24. The van der Waals surface area contributed by atoms with E-state index in [2.05, 4.69) is 0 Å². The molecule has 0 radical (unpaired) electrons. The van der Waals surface area contributed by atoms with Crippen LogP contribution in [0.25, 0.3) is 0 Å². The molecular weight excluding hydrogens is 278 g/mol. The number of amides is 1. The number of nitrogens with one attached hydrogen (secondary N) is 1. The van der Waals surface area contributed by atoms with E-state index in [1.54, 1.807) is 36.4 Å². The smallest absolute Gasteiger partial charge is 0.274 e. The zero-order chi connectivity index (χ0) is 14.6. The quantitative estimate of drug-likeness (QED) is 0.664. The summed E-state index contributed by atoms with van der Waals surface area (Å²) < 4.78 is 24.5. The van der Waals surface area contributed by atoms with Crippen molar-refractivity contribution in [3.8, 4) is 0 Å². The molecule has 0 saturated carbocycles. The summed E-state index contributed by atoms with van der Waals surface area (Å²) in [5, 5.41) is 8.68. The van der Waals surface area contributed by atoms with Crippen molar-refractivity contribution < 1.29 is 18.4 Å². The van der Waals surface area contributed by atoms with E-state index in [-0.39, 0.29) is 16.2 Å². The Morgan fingerprint density at radius 3 is 2.25 bits per heavy atom. The van der Waals surface area contributed by atoms with Crippen molar-refractivity contribution in [1.82, 2.24) is 5.48 Å². The molecular formula is C14H13NO4S. The normalized spacial score (nSPS) is 11.1. The van der Waals surface area contributed by atoms with Crippen molar-refractivity contribution >= 4 is 15.7 Å². The van der Waals surface area contributed by atoms with Gasteiger partial charge in [-0.05, 0) is 23.8 Å². The lowest BCUT2D eigenvalue weighted by Gasteiger charge is -2.08. The highest BCUT2D eigenvalue weighted by Gasteiger charge is 2.19. The fourth-order valence-electron chi connectivity index (χ4n) is 1.84. The summed E-state index contributed by atoms with van der Waals surface area (Å²) in [6, 6.07) is 14.3. The van der Waals surface area contributed by atoms with Gasteiger partial charge in [0.1, 0.15) is 0 Å². The van der Waals surface area contributed by atoms with Gasteiger partial charge in [0.2, 0.25) is 0 Å². The number of sulfone groups is 1. The van der Waals surface area contributed by atoms with Crippen LogP contribution in [-0.2, 0) is 15.6 Å². The van der Waals surface area contributed by atoms with Crippen LogP contribution in [0, 0.1) is 0 Å². The SMILES string of the molecule is O=C(NO)c1ccccc1CS(=O)(=O)c1ccccc1. The van der Waals surface area contributed by atoms with Crippen molar-refractivity contribution in [3.63, 3.8) is 0 Å². The molecule has 2 aromatic rings. The Morgan fingerprint density at radius 2 is 1.60 bits per heavy atom. The van der Waals surface area contributed by atoms with Crippen LogP contribution >= 0.6 is 0 Å². The van der Waals surface area contributed by atoms with E-state index < -0.39 is 15.7 Å². The van der Waals surface area contributed by atoms with Crippen molar-refractivity contribution in [2.75, 3.05) is 0 Å². The highest BCUT2D eigenvalue weighted by molar-refractivity contribution is 7.90. The topological polar surface area (TPSA) is 83.5 Å². The fraction of sp³-hybridized carbons (Fsp3) is 0.0714. The summed E-state index contributed by atoms with van der Waals surface area (Å²) in [7, 11) is -3.54. The maximum absolute atomic E-state index is 12.3. The second kappa shape index (κ2) is 5.85. The maximum atomic E-state index is 12.3. The molecule has 0 aliphatic rings. The third-order valence-corrected chi connectivity index (χ3v) is 4.49. The van der Waals surface area contributed by atoms with Crippen molar-refractivity contribution in [2.45, 2.75) is 10.6 Å². The van der Waals surface area contributed by atoms with Crippen molar-refractivity contribution in [2.24, 2.45) is 0 Å². The third kappa shape index (κ3) is 3.04. The molecule has 0 spiro atoms. The largest absolute Gasteiger partial charge is 0.288 e. The summed E-state index contributed by atoms with van der Waals surface area (Å²) in [5.74, 6) is -1.04. The van der Waals surface area contributed by atoms with Gasteiger partial charge in [-0.25, -0.2) is 13.9 Å². The van der Waals surface area contributed by atoms with Crippen LogP contribution < -0.4 is 5.48 Å². The monoisotopic (exact) mass is 291 g/mol. The predicted octanol–water partition coefficient (Wildman–Crippen LogP) is 1.78. The Kier molecular flexibility index (Phi) is 4.16. The minimum Gasteiger partial charge on any atom is -0.288 e. The third-order valence-electron chi connectivity index (χ3n) is 2.81. The Morgan fingerprint density at radius 1 is 1.00 bits per heavy atom.